The zero-order valence-electron chi connectivity index (χ0n) is 13.0. The summed E-state index contributed by atoms with van der Waals surface area (Å²) in [6.45, 7) is 5.67. The molecule has 1 fully saturated rings. The van der Waals surface area contributed by atoms with Crippen LogP contribution < -0.4 is 10.5 Å². The second kappa shape index (κ2) is 8.71. The Morgan fingerprint density at radius 1 is 1.29 bits per heavy atom. The van der Waals surface area contributed by atoms with Crippen molar-refractivity contribution in [1.82, 2.24) is 4.90 Å². The van der Waals surface area contributed by atoms with Crippen LogP contribution >= 0.6 is 0 Å². The van der Waals surface area contributed by atoms with Crippen molar-refractivity contribution in [2.24, 2.45) is 5.73 Å². The molecule has 1 aliphatic heterocycles. The maximum Gasteiger partial charge on any atom is 0.119 e. The van der Waals surface area contributed by atoms with E-state index in [-0.39, 0.29) is 0 Å². The summed E-state index contributed by atoms with van der Waals surface area (Å²) >= 11 is 0. The molecule has 2 N–H and O–H groups in total. The minimum absolute atomic E-state index is 0.396. The first-order valence-corrected chi connectivity index (χ1v) is 7.99. The highest BCUT2D eigenvalue weighted by atomic mass is 16.5. The fraction of sp³-hybridized carbons (Fsp3) is 0.556. The van der Waals surface area contributed by atoms with Crippen molar-refractivity contribution in [3.05, 3.63) is 29.8 Å². The first-order chi connectivity index (χ1) is 10.3. The first kappa shape index (κ1) is 15.9. The average Bonchev–Trinajstić information content (AvgIpc) is 2.54. The zero-order valence-corrected chi connectivity index (χ0v) is 13.0. The molecule has 3 nitrogen and oxygen atoms in total. The topological polar surface area (TPSA) is 38.5 Å². The molecule has 114 valence electrons. The zero-order chi connectivity index (χ0) is 14.9. The van der Waals surface area contributed by atoms with E-state index in [9.17, 15) is 0 Å². The van der Waals surface area contributed by atoms with Gasteiger partial charge in [-0.3, -0.25) is 4.90 Å². The smallest absolute Gasteiger partial charge is 0.119 e. The largest absolute Gasteiger partial charge is 0.492 e. The van der Waals surface area contributed by atoms with Crippen molar-refractivity contribution >= 4 is 0 Å². The van der Waals surface area contributed by atoms with Crippen LogP contribution in [-0.2, 0) is 0 Å². The molecule has 0 amide bonds. The van der Waals surface area contributed by atoms with E-state index in [4.69, 9.17) is 10.5 Å². The Hall–Kier alpha value is -1.50. The Bertz CT molecular complexity index is 472. The van der Waals surface area contributed by atoms with Gasteiger partial charge in [-0.15, -0.1) is 0 Å². The van der Waals surface area contributed by atoms with E-state index < -0.39 is 0 Å². The summed E-state index contributed by atoms with van der Waals surface area (Å²) < 4.78 is 5.85. The van der Waals surface area contributed by atoms with Gasteiger partial charge < -0.3 is 10.5 Å². The van der Waals surface area contributed by atoms with E-state index in [0.29, 0.717) is 6.54 Å². The lowest BCUT2D eigenvalue weighted by atomic mass is 10.0. The number of hydrogen-bond acceptors (Lipinski definition) is 3. The Morgan fingerprint density at radius 2 is 2.10 bits per heavy atom. The lowest BCUT2D eigenvalue weighted by molar-refractivity contribution is 0.120. The highest BCUT2D eigenvalue weighted by Crippen LogP contribution is 2.19. The van der Waals surface area contributed by atoms with Crippen molar-refractivity contribution in [2.75, 3.05) is 26.2 Å². The quantitative estimate of drug-likeness (QED) is 0.846. The van der Waals surface area contributed by atoms with Crippen LogP contribution in [0.2, 0.25) is 0 Å². The van der Waals surface area contributed by atoms with Crippen LogP contribution in [-0.4, -0.2) is 37.2 Å². The molecule has 1 aliphatic rings. The van der Waals surface area contributed by atoms with Gasteiger partial charge in [0.2, 0.25) is 0 Å². The van der Waals surface area contributed by atoms with E-state index >= 15 is 0 Å². The number of nitrogens with zero attached hydrogens (tertiary/aromatic N) is 1. The second-order valence-corrected chi connectivity index (χ2v) is 5.47. The molecule has 0 aromatic heterocycles. The SMILES string of the molecule is CCC1CCCCN1CCOc1ccc(C#CCN)cc1. The lowest BCUT2D eigenvalue weighted by Gasteiger charge is -2.34. The Morgan fingerprint density at radius 3 is 2.81 bits per heavy atom. The maximum atomic E-state index is 5.85. The number of benzene rings is 1. The normalized spacial score (nSPS) is 18.9. The predicted molar refractivity (Wildman–Crippen MR) is 87.4 cm³/mol. The molecule has 1 atom stereocenters. The standard InChI is InChI=1S/C18H26N2O/c1-2-17-7-3-4-13-20(17)14-15-21-18-10-8-16(9-11-18)6-5-12-19/h8-11,17H,2-4,7,12-15,19H2,1H3. The molecule has 1 aromatic rings. The number of likely N-dealkylation sites (tertiary alicyclic amines) is 1. The van der Waals surface area contributed by atoms with E-state index in [2.05, 4.69) is 23.7 Å². The van der Waals surface area contributed by atoms with E-state index in [0.717, 1.165) is 30.5 Å². The summed E-state index contributed by atoms with van der Waals surface area (Å²) in [4.78, 5) is 2.57. The maximum absolute atomic E-state index is 5.85. The van der Waals surface area contributed by atoms with Gasteiger partial charge in [0.25, 0.3) is 0 Å². The number of nitrogens with two attached hydrogens (primary N) is 1. The summed E-state index contributed by atoms with van der Waals surface area (Å²) in [7, 11) is 0. The lowest BCUT2D eigenvalue weighted by Crippen LogP contribution is -2.41. The number of ether oxygens (including phenoxy) is 1. The van der Waals surface area contributed by atoms with Crippen LogP contribution in [0.3, 0.4) is 0 Å². The molecule has 0 bridgehead atoms. The van der Waals surface area contributed by atoms with Crippen molar-refractivity contribution in [1.29, 1.82) is 0 Å². The molecule has 0 saturated carbocycles. The van der Waals surface area contributed by atoms with Gasteiger partial charge in [-0.25, -0.2) is 0 Å². The van der Waals surface area contributed by atoms with Crippen molar-refractivity contribution in [2.45, 2.75) is 38.6 Å². The van der Waals surface area contributed by atoms with Crippen molar-refractivity contribution < 1.29 is 4.74 Å². The second-order valence-electron chi connectivity index (χ2n) is 5.47. The van der Waals surface area contributed by atoms with Crippen molar-refractivity contribution in [3.8, 4) is 17.6 Å². The van der Waals surface area contributed by atoms with Gasteiger partial charge in [0.1, 0.15) is 12.4 Å². The van der Waals surface area contributed by atoms with Gasteiger partial charge in [-0.05, 0) is 50.1 Å². The first-order valence-electron chi connectivity index (χ1n) is 7.99. The number of rotatable bonds is 5. The van der Waals surface area contributed by atoms with Crippen LogP contribution in [0.4, 0.5) is 0 Å². The predicted octanol–water partition coefficient (Wildman–Crippen LogP) is 2.64. The molecular formula is C18H26N2O. The number of piperidine rings is 1. The highest BCUT2D eigenvalue weighted by molar-refractivity contribution is 5.38. The van der Waals surface area contributed by atoms with Crippen LogP contribution in [0, 0.1) is 11.8 Å². The average molecular weight is 286 g/mol. The molecule has 1 unspecified atom stereocenters. The molecule has 0 radical (unpaired) electrons. The summed E-state index contributed by atoms with van der Waals surface area (Å²) in [5.74, 6) is 6.78. The minimum atomic E-state index is 0.396. The third-order valence-electron chi connectivity index (χ3n) is 4.06. The van der Waals surface area contributed by atoms with Crippen molar-refractivity contribution in [3.63, 3.8) is 0 Å². The Balaban J connectivity index is 1.77. The van der Waals surface area contributed by atoms with E-state index in [1.54, 1.807) is 0 Å². The highest BCUT2D eigenvalue weighted by Gasteiger charge is 2.20. The molecule has 3 heteroatoms. The molecule has 21 heavy (non-hydrogen) atoms. The third kappa shape index (κ3) is 5.08. The Labute approximate surface area is 128 Å². The van der Waals surface area contributed by atoms with Gasteiger partial charge in [-0.1, -0.05) is 25.2 Å². The summed E-state index contributed by atoms with van der Waals surface area (Å²) in [6.07, 6.45) is 5.28. The Kier molecular flexibility index (Phi) is 6.59. The van der Waals surface area contributed by atoms with Crippen LogP contribution in [0.15, 0.2) is 24.3 Å². The fourth-order valence-electron chi connectivity index (χ4n) is 2.89. The third-order valence-corrected chi connectivity index (χ3v) is 4.06. The van der Waals surface area contributed by atoms with E-state index in [1.165, 1.54) is 32.2 Å². The van der Waals surface area contributed by atoms with E-state index in [1.807, 2.05) is 24.3 Å². The molecule has 1 aromatic carbocycles. The van der Waals surface area contributed by atoms with Gasteiger partial charge in [-0.2, -0.15) is 0 Å². The molecule has 1 heterocycles. The van der Waals surface area contributed by atoms with Gasteiger partial charge in [0.15, 0.2) is 0 Å². The van der Waals surface area contributed by atoms with Crippen LogP contribution in [0.1, 0.15) is 38.2 Å². The summed E-state index contributed by atoms with van der Waals surface area (Å²) in [5.41, 5.74) is 6.34. The molecular weight excluding hydrogens is 260 g/mol. The van der Waals surface area contributed by atoms with Gasteiger partial charge in [0, 0.05) is 18.2 Å². The molecule has 1 saturated heterocycles. The van der Waals surface area contributed by atoms with Gasteiger partial charge in [0.05, 0.1) is 6.54 Å². The molecule has 2 rings (SSSR count). The summed E-state index contributed by atoms with van der Waals surface area (Å²) in [6, 6.07) is 8.67. The minimum Gasteiger partial charge on any atom is -0.492 e. The van der Waals surface area contributed by atoms with Crippen LogP contribution in [0.5, 0.6) is 5.75 Å². The van der Waals surface area contributed by atoms with Gasteiger partial charge >= 0.3 is 0 Å². The summed E-state index contributed by atoms with van der Waals surface area (Å²) in [5, 5.41) is 0. The van der Waals surface area contributed by atoms with Crippen LogP contribution in [0.25, 0.3) is 0 Å². The molecule has 0 aliphatic carbocycles. The monoisotopic (exact) mass is 286 g/mol. The molecule has 0 spiro atoms. The fourth-order valence-corrected chi connectivity index (χ4v) is 2.89. The number of hydrogen-bond donors (Lipinski definition) is 1.